The highest BCUT2D eigenvalue weighted by molar-refractivity contribution is 9.10. The van der Waals surface area contributed by atoms with Gasteiger partial charge < -0.3 is 0 Å². The second kappa shape index (κ2) is 6.42. The lowest BCUT2D eigenvalue weighted by molar-refractivity contribution is 0.668. The smallest absolute Gasteiger partial charge is 0.0620 e. The van der Waals surface area contributed by atoms with Crippen LogP contribution >= 0.6 is 31.9 Å². The quantitative estimate of drug-likeness (QED) is 0.203. The number of hydrogen-bond acceptors (Lipinski definition) is 0. The van der Waals surface area contributed by atoms with Crippen LogP contribution in [-0.2, 0) is 18.3 Å². The number of benzene rings is 4. The molecule has 0 unspecified atom stereocenters. The number of hydrogen-bond donors (Lipinski definition) is 0. The standard InChI is InChI=1S/C27H18Br2/c28-25-13-5-11-23-19(25)16-20-24(12-6-14-26(20)29)27(23)21-9-3-1-7-17(21)15-18-8-2-4-10-22(18)27/h1-14H,15-16H2. The van der Waals surface area contributed by atoms with E-state index in [4.69, 9.17) is 0 Å². The van der Waals surface area contributed by atoms with E-state index in [9.17, 15) is 0 Å². The molecule has 0 aromatic heterocycles. The molecule has 0 N–H and O–H groups in total. The van der Waals surface area contributed by atoms with Crippen LogP contribution in [0.15, 0.2) is 93.9 Å². The maximum Gasteiger partial charge on any atom is 0.0713 e. The van der Waals surface area contributed by atoms with Gasteiger partial charge in [-0.1, -0.05) is 105 Å². The molecule has 2 aliphatic rings. The van der Waals surface area contributed by atoms with E-state index in [1.807, 2.05) is 0 Å². The number of rotatable bonds is 0. The van der Waals surface area contributed by atoms with Crippen molar-refractivity contribution in [2.45, 2.75) is 18.3 Å². The summed E-state index contributed by atoms with van der Waals surface area (Å²) in [5, 5.41) is 0. The van der Waals surface area contributed by atoms with Crippen LogP contribution in [-0.4, -0.2) is 0 Å². The van der Waals surface area contributed by atoms with E-state index in [0.29, 0.717) is 0 Å². The normalized spacial score (nSPS) is 15.2. The molecule has 0 radical (unpaired) electrons. The number of fused-ring (bicyclic) bond motifs is 8. The third-order valence-corrected chi connectivity index (χ3v) is 8.11. The number of halogens is 2. The van der Waals surface area contributed by atoms with Crippen LogP contribution in [0.4, 0.5) is 0 Å². The summed E-state index contributed by atoms with van der Waals surface area (Å²) >= 11 is 7.75. The molecule has 0 aliphatic heterocycles. The van der Waals surface area contributed by atoms with Crippen LogP contribution in [0.1, 0.15) is 44.5 Å². The van der Waals surface area contributed by atoms with Crippen molar-refractivity contribution in [1.29, 1.82) is 0 Å². The summed E-state index contributed by atoms with van der Waals surface area (Å²) in [7, 11) is 0. The van der Waals surface area contributed by atoms with Crippen molar-refractivity contribution < 1.29 is 0 Å². The highest BCUT2D eigenvalue weighted by Crippen LogP contribution is 2.56. The van der Waals surface area contributed by atoms with Crippen LogP contribution in [0.3, 0.4) is 0 Å². The summed E-state index contributed by atoms with van der Waals surface area (Å²) in [6.07, 6.45) is 1.92. The predicted octanol–water partition coefficient (Wildman–Crippen LogP) is 7.40. The zero-order valence-electron chi connectivity index (χ0n) is 15.8. The van der Waals surface area contributed by atoms with Gasteiger partial charge in [0.2, 0.25) is 0 Å². The molecule has 6 rings (SSSR count). The second-order valence-corrected chi connectivity index (χ2v) is 9.66. The van der Waals surface area contributed by atoms with Crippen LogP contribution < -0.4 is 0 Å². The van der Waals surface area contributed by atoms with Gasteiger partial charge in [-0.3, -0.25) is 0 Å². The predicted molar refractivity (Wildman–Crippen MR) is 126 cm³/mol. The van der Waals surface area contributed by atoms with Gasteiger partial charge in [0.05, 0.1) is 5.41 Å². The van der Waals surface area contributed by atoms with Crippen LogP contribution in [0, 0.1) is 0 Å². The largest absolute Gasteiger partial charge is 0.0713 e. The monoisotopic (exact) mass is 500 g/mol. The molecular formula is C27H18Br2. The molecule has 0 atom stereocenters. The van der Waals surface area contributed by atoms with E-state index >= 15 is 0 Å². The fraction of sp³-hybridized carbons (Fsp3) is 0.111. The first-order valence-corrected chi connectivity index (χ1v) is 11.5. The maximum absolute atomic E-state index is 3.87. The zero-order chi connectivity index (χ0) is 19.6. The molecule has 1 spiro atoms. The fourth-order valence-electron chi connectivity index (χ4n) is 5.51. The van der Waals surface area contributed by atoms with E-state index < -0.39 is 0 Å². The Morgan fingerprint density at radius 2 is 0.931 bits per heavy atom. The molecule has 4 aromatic rings. The lowest BCUT2D eigenvalue weighted by Crippen LogP contribution is -2.40. The summed E-state index contributed by atoms with van der Waals surface area (Å²) in [4.78, 5) is 0. The third kappa shape index (κ3) is 2.30. The van der Waals surface area contributed by atoms with Crippen molar-refractivity contribution in [2.75, 3.05) is 0 Å². The summed E-state index contributed by atoms with van der Waals surface area (Å²) < 4.78 is 2.38. The Morgan fingerprint density at radius 1 is 0.483 bits per heavy atom. The Hall–Kier alpha value is -2.16. The summed E-state index contributed by atoms with van der Waals surface area (Å²) in [6, 6.07) is 31.4. The first-order chi connectivity index (χ1) is 14.2. The van der Waals surface area contributed by atoms with Crippen molar-refractivity contribution in [3.8, 4) is 0 Å². The van der Waals surface area contributed by atoms with Crippen molar-refractivity contribution in [2.24, 2.45) is 0 Å². The lowest BCUT2D eigenvalue weighted by atomic mass is 9.56. The highest BCUT2D eigenvalue weighted by Gasteiger charge is 2.48. The molecule has 0 bridgehead atoms. The van der Waals surface area contributed by atoms with E-state index in [1.54, 1.807) is 0 Å². The minimum Gasteiger partial charge on any atom is -0.0620 e. The first kappa shape index (κ1) is 17.7. The molecule has 0 heterocycles. The molecule has 140 valence electrons. The van der Waals surface area contributed by atoms with Gasteiger partial charge in [0.15, 0.2) is 0 Å². The third-order valence-electron chi connectivity index (χ3n) is 6.62. The fourth-order valence-corrected chi connectivity index (χ4v) is 6.53. The average molecular weight is 502 g/mol. The van der Waals surface area contributed by atoms with E-state index in [-0.39, 0.29) is 5.41 Å². The van der Waals surface area contributed by atoms with Gasteiger partial charge in [0.1, 0.15) is 0 Å². The van der Waals surface area contributed by atoms with Gasteiger partial charge in [-0.15, -0.1) is 0 Å². The Labute approximate surface area is 187 Å². The maximum atomic E-state index is 3.87. The van der Waals surface area contributed by atoms with Gasteiger partial charge in [-0.2, -0.15) is 0 Å². The molecule has 0 saturated heterocycles. The van der Waals surface area contributed by atoms with Gasteiger partial charge >= 0.3 is 0 Å². The summed E-state index contributed by atoms with van der Waals surface area (Å²) in [5.41, 5.74) is 11.0. The first-order valence-electron chi connectivity index (χ1n) is 9.93. The Kier molecular flexibility index (Phi) is 3.91. The molecule has 0 saturated carbocycles. The Balaban J connectivity index is 1.87. The summed E-state index contributed by atoms with van der Waals surface area (Å²) in [6.45, 7) is 0. The molecule has 29 heavy (non-hydrogen) atoms. The van der Waals surface area contributed by atoms with Crippen LogP contribution in [0.2, 0.25) is 0 Å². The van der Waals surface area contributed by atoms with Gasteiger partial charge in [0, 0.05) is 15.4 Å². The van der Waals surface area contributed by atoms with Crippen molar-refractivity contribution >= 4 is 31.9 Å². The van der Waals surface area contributed by atoms with E-state index in [1.165, 1.54) is 53.5 Å². The molecular weight excluding hydrogens is 484 g/mol. The lowest BCUT2D eigenvalue weighted by Gasteiger charge is -2.46. The van der Waals surface area contributed by atoms with Gasteiger partial charge in [-0.25, -0.2) is 0 Å². The Bertz CT molecular complexity index is 1190. The van der Waals surface area contributed by atoms with Gasteiger partial charge in [-0.05, 0) is 63.1 Å². The van der Waals surface area contributed by atoms with Crippen LogP contribution in [0.25, 0.3) is 0 Å². The minimum absolute atomic E-state index is 0.290. The molecule has 4 aromatic carbocycles. The Morgan fingerprint density at radius 3 is 1.45 bits per heavy atom. The van der Waals surface area contributed by atoms with E-state index in [0.717, 1.165) is 12.8 Å². The summed E-state index contributed by atoms with van der Waals surface area (Å²) in [5.74, 6) is 0. The van der Waals surface area contributed by atoms with E-state index in [2.05, 4.69) is 117 Å². The minimum atomic E-state index is -0.290. The highest BCUT2D eigenvalue weighted by atomic mass is 79.9. The molecule has 0 fully saturated rings. The zero-order valence-corrected chi connectivity index (χ0v) is 18.9. The SMILES string of the molecule is Brc1cccc2c1Cc1c(Br)cccc1C21c2ccccc2Cc2ccccc21. The van der Waals surface area contributed by atoms with Gasteiger partial charge in [0.25, 0.3) is 0 Å². The average Bonchev–Trinajstić information content (AvgIpc) is 2.75. The molecule has 0 nitrogen and oxygen atoms in total. The van der Waals surface area contributed by atoms with Crippen molar-refractivity contribution in [3.05, 3.63) is 138 Å². The van der Waals surface area contributed by atoms with Crippen molar-refractivity contribution in [3.63, 3.8) is 0 Å². The topological polar surface area (TPSA) is 0 Å². The second-order valence-electron chi connectivity index (χ2n) is 7.95. The van der Waals surface area contributed by atoms with Crippen LogP contribution in [0.5, 0.6) is 0 Å². The van der Waals surface area contributed by atoms with Crippen molar-refractivity contribution in [1.82, 2.24) is 0 Å². The molecule has 0 amide bonds. The molecule has 2 heteroatoms. The molecule has 2 aliphatic carbocycles.